The van der Waals surface area contributed by atoms with Crippen LogP contribution in [0.2, 0.25) is 0 Å². The van der Waals surface area contributed by atoms with Crippen LogP contribution in [-0.2, 0) is 19.6 Å². The Labute approximate surface area is 107 Å². The number of ether oxygens (including phenoxy) is 1. The monoisotopic (exact) mass is 280 g/mol. The summed E-state index contributed by atoms with van der Waals surface area (Å²) in [7, 11) is -4.02. The van der Waals surface area contributed by atoms with E-state index >= 15 is 0 Å². The molecule has 0 aliphatic heterocycles. The van der Waals surface area contributed by atoms with E-state index in [0.29, 0.717) is 13.0 Å². The van der Waals surface area contributed by atoms with Crippen molar-refractivity contribution in [3.63, 3.8) is 0 Å². The molecule has 0 radical (unpaired) electrons. The van der Waals surface area contributed by atoms with E-state index in [-0.39, 0.29) is 0 Å². The highest BCUT2D eigenvalue weighted by atomic mass is 32.2. The van der Waals surface area contributed by atoms with E-state index in [2.05, 4.69) is 5.32 Å². The van der Waals surface area contributed by atoms with Crippen LogP contribution in [-0.4, -0.2) is 38.3 Å². The second-order valence-electron chi connectivity index (χ2n) is 4.71. The number of nitrogens with one attached hydrogen (secondary N) is 2. The molecule has 0 rings (SSSR count). The van der Waals surface area contributed by atoms with E-state index in [0.717, 1.165) is 0 Å². The number of amides is 2. The highest BCUT2D eigenvalue weighted by molar-refractivity contribution is 7.90. The first-order chi connectivity index (χ1) is 8.06. The molecule has 0 fully saturated rings. The smallest absolute Gasteiger partial charge is 0.421 e. The maximum absolute atomic E-state index is 11.4. The molecule has 8 heteroatoms. The summed E-state index contributed by atoms with van der Waals surface area (Å²) in [6.45, 7) is 7.04. The maximum atomic E-state index is 11.4. The highest BCUT2D eigenvalue weighted by Crippen LogP contribution is 2.06. The minimum absolute atomic E-state index is 0.390. The van der Waals surface area contributed by atoms with E-state index < -0.39 is 33.4 Å². The van der Waals surface area contributed by atoms with Crippen molar-refractivity contribution >= 4 is 22.0 Å². The Morgan fingerprint density at radius 1 is 1.22 bits per heavy atom. The molecule has 0 atom stereocenters. The van der Waals surface area contributed by atoms with Gasteiger partial charge in [-0.15, -0.1) is 0 Å². The molecular weight excluding hydrogens is 260 g/mol. The number of hydrogen-bond acceptors (Lipinski definition) is 5. The highest BCUT2D eigenvalue weighted by Gasteiger charge is 2.23. The molecular formula is C10H20N2O5S. The van der Waals surface area contributed by atoms with E-state index in [4.69, 9.17) is 4.74 Å². The minimum atomic E-state index is -4.02. The van der Waals surface area contributed by atoms with Crippen LogP contribution in [0.5, 0.6) is 0 Å². The Morgan fingerprint density at radius 3 is 2.22 bits per heavy atom. The zero-order valence-corrected chi connectivity index (χ0v) is 11.9. The standard InChI is InChI=1S/C10H20N2O5S/c1-5-6-11-8(13)7-18(15,16)12-9(14)17-10(2,3)4/h5-7H2,1-4H3,(H,11,13)(H,12,14). The largest absolute Gasteiger partial charge is 0.443 e. The first-order valence-corrected chi connectivity index (χ1v) is 7.21. The number of rotatable bonds is 5. The molecule has 0 aromatic rings. The summed E-state index contributed by atoms with van der Waals surface area (Å²) in [6, 6.07) is 0. The van der Waals surface area contributed by atoms with Crippen LogP contribution in [0.15, 0.2) is 0 Å². The fourth-order valence-corrected chi connectivity index (χ4v) is 1.77. The molecule has 18 heavy (non-hydrogen) atoms. The van der Waals surface area contributed by atoms with Crippen molar-refractivity contribution in [1.82, 2.24) is 10.0 Å². The molecule has 2 amide bonds. The van der Waals surface area contributed by atoms with Crippen molar-refractivity contribution in [3.8, 4) is 0 Å². The number of hydrogen-bond donors (Lipinski definition) is 2. The summed E-state index contributed by atoms with van der Waals surface area (Å²) in [6.07, 6.45) is -0.392. The van der Waals surface area contributed by atoms with Gasteiger partial charge in [0.2, 0.25) is 15.9 Å². The van der Waals surface area contributed by atoms with Crippen LogP contribution in [0.3, 0.4) is 0 Å². The Balaban J connectivity index is 4.32. The van der Waals surface area contributed by atoms with Gasteiger partial charge in [0.1, 0.15) is 11.4 Å². The maximum Gasteiger partial charge on any atom is 0.421 e. The first-order valence-electron chi connectivity index (χ1n) is 5.56. The third-order valence-electron chi connectivity index (χ3n) is 1.53. The van der Waals surface area contributed by atoms with Gasteiger partial charge in [0.05, 0.1) is 0 Å². The molecule has 0 unspecified atom stereocenters. The van der Waals surface area contributed by atoms with Gasteiger partial charge in [0.25, 0.3) is 0 Å². The Morgan fingerprint density at radius 2 is 1.78 bits per heavy atom. The molecule has 2 N–H and O–H groups in total. The van der Waals surface area contributed by atoms with Crippen LogP contribution in [0, 0.1) is 0 Å². The van der Waals surface area contributed by atoms with Gasteiger partial charge in [-0.2, -0.15) is 0 Å². The Bertz CT molecular complexity index is 397. The van der Waals surface area contributed by atoms with Gasteiger partial charge in [0, 0.05) is 6.54 Å². The van der Waals surface area contributed by atoms with Crippen LogP contribution >= 0.6 is 0 Å². The third kappa shape index (κ3) is 8.80. The van der Waals surface area contributed by atoms with Crippen molar-refractivity contribution in [2.75, 3.05) is 12.3 Å². The summed E-state index contributed by atoms with van der Waals surface area (Å²) in [5, 5.41) is 2.40. The summed E-state index contributed by atoms with van der Waals surface area (Å²) >= 11 is 0. The predicted molar refractivity (Wildman–Crippen MR) is 66.5 cm³/mol. The summed E-state index contributed by atoms with van der Waals surface area (Å²) in [4.78, 5) is 22.4. The number of carbonyl (C=O) groups excluding carboxylic acids is 2. The SMILES string of the molecule is CCCNC(=O)CS(=O)(=O)NC(=O)OC(C)(C)C. The van der Waals surface area contributed by atoms with Gasteiger partial charge in [-0.1, -0.05) is 6.92 Å². The molecule has 0 bridgehead atoms. The lowest BCUT2D eigenvalue weighted by Gasteiger charge is -2.19. The zero-order valence-electron chi connectivity index (χ0n) is 11.1. The Kier molecular flexibility index (Phi) is 6.10. The number of sulfonamides is 1. The third-order valence-corrected chi connectivity index (χ3v) is 2.65. The van der Waals surface area contributed by atoms with Crippen LogP contribution in [0.25, 0.3) is 0 Å². The average Bonchev–Trinajstić information content (AvgIpc) is 2.09. The fourth-order valence-electron chi connectivity index (χ4n) is 0.950. The van der Waals surface area contributed by atoms with Crippen molar-refractivity contribution in [2.45, 2.75) is 39.7 Å². The Hall–Kier alpha value is -1.31. The van der Waals surface area contributed by atoms with Gasteiger partial charge in [0.15, 0.2) is 0 Å². The van der Waals surface area contributed by atoms with Crippen molar-refractivity contribution < 1.29 is 22.7 Å². The van der Waals surface area contributed by atoms with Gasteiger partial charge < -0.3 is 10.1 Å². The average molecular weight is 280 g/mol. The van der Waals surface area contributed by atoms with E-state index in [1.54, 1.807) is 25.5 Å². The first kappa shape index (κ1) is 16.7. The lowest BCUT2D eigenvalue weighted by atomic mass is 10.2. The predicted octanol–water partition coefficient (Wildman–Crippen LogP) is 0.367. The van der Waals surface area contributed by atoms with Gasteiger partial charge >= 0.3 is 6.09 Å². The number of carbonyl (C=O) groups is 2. The van der Waals surface area contributed by atoms with E-state index in [9.17, 15) is 18.0 Å². The minimum Gasteiger partial charge on any atom is -0.443 e. The second kappa shape index (κ2) is 6.58. The van der Waals surface area contributed by atoms with Gasteiger partial charge in [-0.05, 0) is 27.2 Å². The molecule has 0 aliphatic carbocycles. The van der Waals surface area contributed by atoms with E-state index in [1.165, 1.54) is 0 Å². The zero-order chi connectivity index (χ0) is 14.4. The van der Waals surface area contributed by atoms with Gasteiger partial charge in [-0.25, -0.2) is 17.9 Å². The molecule has 0 aliphatic rings. The van der Waals surface area contributed by atoms with E-state index in [1.807, 2.05) is 6.92 Å². The quantitative estimate of drug-likeness (QED) is 0.757. The molecule has 0 spiro atoms. The van der Waals surface area contributed by atoms with Crippen LogP contribution < -0.4 is 10.0 Å². The topological polar surface area (TPSA) is 102 Å². The summed E-state index contributed by atoms with van der Waals surface area (Å²) < 4.78 is 29.3. The lowest BCUT2D eigenvalue weighted by Crippen LogP contribution is -2.41. The van der Waals surface area contributed by atoms with Crippen LogP contribution in [0.1, 0.15) is 34.1 Å². The second-order valence-corrected chi connectivity index (χ2v) is 6.44. The molecule has 106 valence electrons. The fraction of sp³-hybridized carbons (Fsp3) is 0.800. The van der Waals surface area contributed by atoms with Crippen molar-refractivity contribution in [2.24, 2.45) is 0 Å². The van der Waals surface area contributed by atoms with Crippen molar-refractivity contribution in [3.05, 3.63) is 0 Å². The summed E-state index contributed by atoms with van der Waals surface area (Å²) in [5.41, 5.74) is -0.802. The molecule has 0 heterocycles. The lowest BCUT2D eigenvalue weighted by molar-refractivity contribution is -0.118. The van der Waals surface area contributed by atoms with Gasteiger partial charge in [-0.3, -0.25) is 4.79 Å². The summed E-state index contributed by atoms with van der Waals surface area (Å²) in [5.74, 6) is -1.46. The molecule has 0 saturated heterocycles. The van der Waals surface area contributed by atoms with Crippen molar-refractivity contribution in [1.29, 1.82) is 0 Å². The molecule has 0 saturated carbocycles. The molecule has 7 nitrogen and oxygen atoms in total. The molecule has 0 aromatic heterocycles. The van der Waals surface area contributed by atoms with Crippen LogP contribution in [0.4, 0.5) is 4.79 Å². The molecule has 0 aromatic carbocycles. The normalized spacial score (nSPS) is 11.8.